The second kappa shape index (κ2) is 5.26. The van der Waals surface area contributed by atoms with E-state index in [-0.39, 0.29) is 5.56 Å². The number of fused-ring (bicyclic) bond motifs is 3. The van der Waals surface area contributed by atoms with Gasteiger partial charge in [-0.15, -0.1) is 11.3 Å². The highest BCUT2D eigenvalue weighted by molar-refractivity contribution is 7.18. The first-order valence-electron chi connectivity index (χ1n) is 7.37. The molecule has 0 saturated heterocycles. The molecule has 1 aliphatic rings. The Kier molecular flexibility index (Phi) is 3.57. The zero-order valence-electron chi connectivity index (χ0n) is 12.3. The van der Waals surface area contributed by atoms with Crippen molar-refractivity contribution in [3.05, 3.63) is 26.6 Å². The number of aryl methyl sites for hydroxylation is 3. The van der Waals surface area contributed by atoms with Gasteiger partial charge in [0.05, 0.1) is 5.39 Å². The summed E-state index contributed by atoms with van der Waals surface area (Å²) in [5.41, 5.74) is 6.49. The van der Waals surface area contributed by atoms with Crippen molar-refractivity contribution in [2.45, 2.75) is 52.0 Å². The van der Waals surface area contributed by atoms with Crippen molar-refractivity contribution in [1.29, 1.82) is 0 Å². The van der Waals surface area contributed by atoms with Crippen molar-refractivity contribution in [1.82, 2.24) is 9.55 Å². The van der Waals surface area contributed by atoms with Crippen LogP contribution in [-0.4, -0.2) is 15.5 Å². The summed E-state index contributed by atoms with van der Waals surface area (Å²) >= 11 is 1.62. The molecule has 3 rings (SSSR count). The number of carbonyl (C=O) groups excluding carboxylic acids is 1. The molecule has 0 aromatic carbocycles. The summed E-state index contributed by atoms with van der Waals surface area (Å²) in [4.78, 5) is 31.2. The average Bonchev–Trinajstić information content (AvgIpc) is 2.80. The van der Waals surface area contributed by atoms with Gasteiger partial charge in [-0.25, -0.2) is 4.98 Å². The van der Waals surface area contributed by atoms with Gasteiger partial charge in [0.2, 0.25) is 5.91 Å². The number of hydrogen-bond donors (Lipinski definition) is 1. The van der Waals surface area contributed by atoms with Crippen LogP contribution in [0.3, 0.4) is 0 Å². The van der Waals surface area contributed by atoms with Gasteiger partial charge in [0.15, 0.2) is 0 Å². The predicted molar refractivity (Wildman–Crippen MR) is 83.8 cm³/mol. The van der Waals surface area contributed by atoms with E-state index in [1.165, 1.54) is 15.9 Å². The maximum absolute atomic E-state index is 12.9. The van der Waals surface area contributed by atoms with E-state index in [1.807, 2.05) is 6.92 Å². The van der Waals surface area contributed by atoms with Crippen molar-refractivity contribution in [3.63, 3.8) is 0 Å². The van der Waals surface area contributed by atoms with Gasteiger partial charge in [-0.1, -0.05) is 6.92 Å². The molecule has 0 saturated carbocycles. The molecule has 1 unspecified atom stereocenters. The smallest absolute Gasteiger partial charge is 0.263 e. The summed E-state index contributed by atoms with van der Waals surface area (Å²) in [6, 6.07) is -0.617. The van der Waals surface area contributed by atoms with E-state index in [9.17, 15) is 9.59 Å². The number of primary amides is 1. The lowest BCUT2D eigenvalue weighted by Gasteiger charge is -2.17. The fraction of sp³-hybridized carbons (Fsp3) is 0.533. The molecule has 1 atom stereocenters. The first-order valence-corrected chi connectivity index (χ1v) is 8.19. The number of rotatable bonds is 3. The lowest BCUT2D eigenvalue weighted by atomic mass is 9.97. The number of aromatic nitrogens is 2. The van der Waals surface area contributed by atoms with Gasteiger partial charge < -0.3 is 5.73 Å². The van der Waals surface area contributed by atoms with Gasteiger partial charge in [-0.2, -0.15) is 0 Å². The van der Waals surface area contributed by atoms with Gasteiger partial charge >= 0.3 is 0 Å². The molecule has 2 heterocycles. The molecule has 2 N–H and O–H groups in total. The summed E-state index contributed by atoms with van der Waals surface area (Å²) in [5, 5.41) is 0.708. The molecule has 6 heteroatoms. The third kappa shape index (κ3) is 2.18. The monoisotopic (exact) mass is 305 g/mol. The normalized spacial score (nSPS) is 15.9. The maximum Gasteiger partial charge on any atom is 0.263 e. The third-order valence-corrected chi connectivity index (χ3v) is 5.41. The SMILES string of the molecule is CCC(C(N)=O)n1c(C)nc2sc3c(c2c1=O)CCCC3. The number of nitrogens with two attached hydrogens (primary N) is 1. The van der Waals surface area contributed by atoms with Gasteiger partial charge in [-0.3, -0.25) is 14.2 Å². The first-order chi connectivity index (χ1) is 10.0. The Bertz CT molecular complexity index is 775. The van der Waals surface area contributed by atoms with Gasteiger partial charge in [-0.05, 0) is 44.6 Å². The molecule has 0 aliphatic heterocycles. The molecular formula is C15H19N3O2S. The molecule has 112 valence electrons. The van der Waals surface area contributed by atoms with E-state index in [0.717, 1.165) is 29.7 Å². The second-order valence-electron chi connectivity index (χ2n) is 5.55. The number of thiophene rings is 1. The lowest BCUT2D eigenvalue weighted by Crippen LogP contribution is -2.35. The van der Waals surface area contributed by atoms with Crippen LogP contribution in [-0.2, 0) is 17.6 Å². The minimum Gasteiger partial charge on any atom is -0.368 e. The largest absolute Gasteiger partial charge is 0.368 e. The average molecular weight is 305 g/mol. The molecule has 1 aliphatic carbocycles. The highest BCUT2D eigenvalue weighted by atomic mass is 32.1. The summed E-state index contributed by atoms with van der Waals surface area (Å²) in [7, 11) is 0. The highest BCUT2D eigenvalue weighted by Gasteiger charge is 2.25. The quantitative estimate of drug-likeness (QED) is 0.943. The molecule has 0 radical (unpaired) electrons. The minimum absolute atomic E-state index is 0.109. The third-order valence-electron chi connectivity index (χ3n) is 4.22. The zero-order chi connectivity index (χ0) is 15.1. The minimum atomic E-state index is -0.617. The van der Waals surface area contributed by atoms with Gasteiger partial charge in [0.1, 0.15) is 16.7 Å². The summed E-state index contributed by atoms with van der Waals surface area (Å²) in [5.74, 6) is 0.0877. The van der Waals surface area contributed by atoms with Crippen LogP contribution in [0.5, 0.6) is 0 Å². The van der Waals surface area contributed by atoms with Crippen LogP contribution >= 0.6 is 11.3 Å². The fourth-order valence-electron chi connectivity index (χ4n) is 3.20. The number of carbonyl (C=O) groups is 1. The number of hydrogen-bond acceptors (Lipinski definition) is 4. The summed E-state index contributed by atoms with van der Waals surface area (Å²) in [6.45, 7) is 3.62. The van der Waals surface area contributed by atoms with Gasteiger partial charge in [0, 0.05) is 4.88 Å². The molecule has 5 nitrogen and oxygen atoms in total. The van der Waals surface area contributed by atoms with Crippen molar-refractivity contribution in [2.75, 3.05) is 0 Å². The van der Waals surface area contributed by atoms with E-state index in [4.69, 9.17) is 5.73 Å². The van der Waals surface area contributed by atoms with E-state index in [2.05, 4.69) is 4.98 Å². The van der Waals surface area contributed by atoms with E-state index in [0.29, 0.717) is 17.6 Å². The molecule has 0 bridgehead atoms. The Balaban J connectivity index is 2.32. The Labute approximate surface area is 126 Å². The van der Waals surface area contributed by atoms with Crippen molar-refractivity contribution >= 4 is 27.5 Å². The predicted octanol–water partition coefficient (Wildman–Crippen LogP) is 2.08. The van der Waals surface area contributed by atoms with Crippen LogP contribution < -0.4 is 11.3 Å². The van der Waals surface area contributed by atoms with Crippen LogP contribution in [0.25, 0.3) is 10.2 Å². The van der Waals surface area contributed by atoms with Gasteiger partial charge in [0.25, 0.3) is 5.56 Å². The van der Waals surface area contributed by atoms with E-state index in [1.54, 1.807) is 18.3 Å². The Morgan fingerprint density at radius 3 is 2.81 bits per heavy atom. The van der Waals surface area contributed by atoms with Crippen molar-refractivity contribution in [3.8, 4) is 0 Å². The number of nitrogens with zero attached hydrogens (tertiary/aromatic N) is 2. The lowest BCUT2D eigenvalue weighted by molar-refractivity contribution is -0.121. The summed E-state index contributed by atoms with van der Waals surface area (Å²) in [6.07, 6.45) is 4.74. The highest BCUT2D eigenvalue weighted by Crippen LogP contribution is 2.34. The van der Waals surface area contributed by atoms with Crippen molar-refractivity contribution in [2.24, 2.45) is 5.73 Å². The van der Waals surface area contributed by atoms with Crippen molar-refractivity contribution < 1.29 is 4.79 Å². The maximum atomic E-state index is 12.9. The topological polar surface area (TPSA) is 78.0 Å². The standard InChI is InChI=1S/C15H19N3O2S/c1-3-10(13(16)19)18-8(2)17-14-12(15(18)20)9-6-4-5-7-11(9)21-14/h10H,3-7H2,1-2H3,(H2,16,19). The molecular weight excluding hydrogens is 286 g/mol. The molecule has 21 heavy (non-hydrogen) atoms. The number of amides is 1. The molecule has 0 spiro atoms. The molecule has 0 fully saturated rings. The van der Waals surface area contributed by atoms with Crippen LogP contribution in [0.4, 0.5) is 0 Å². The first kappa shape index (κ1) is 14.3. The zero-order valence-corrected chi connectivity index (χ0v) is 13.1. The van der Waals surface area contributed by atoms with Crippen LogP contribution in [0, 0.1) is 6.92 Å². The van der Waals surface area contributed by atoms with E-state index < -0.39 is 11.9 Å². The summed E-state index contributed by atoms with van der Waals surface area (Å²) < 4.78 is 1.48. The van der Waals surface area contributed by atoms with E-state index >= 15 is 0 Å². The second-order valence-corrected chi connectivity index (χ2v) is 6.64. The van der Waals surface area contributed by atoms with Crippen LogP contribution in [0.15, 0.2) is 4.79 Å². The Hall–Kier alpha value is -1.69. The van der Waals surface area contributed by atoms with Crippen LogP contribution in [0.1, 0.15) is 48.5 Å². The molecule has 2 aromatic rings. The molecule has 2 aromatic heterocycles. The Morgan fingerprint density at radius 2 is 2.14 bits per heavy atom. The Morgan fingerprint density at radius 1 is 1.43 bits per heavy atom. The molecule has 1 amide bonds. The fourth-order valence-corrected chi connectivity index (χ4v) is 4.49. The van der Waals surface area contributed by atoms with Crippen LogP contribution in [0.2, 0.25) is 0 Å².